The van der Waals surface area contributed by atoms with Crippen molar-refractivity contribution in [1.82, 2.24) is 15.2 Å². The van der Waals surface area contributed by atoms with Crippen molar-refractivity contribution >= 4 is 17.2 Å². The highest BCUT2D eigenvalue weighted by Crippen LogP contribution is 2.31. The van der Waals surface area contributed by atoms with E-state index >= 15 is 0 Å². The van der Waals surface area contributed by atoms with Crippen LogP contribution in [-0.2, 0) is 5.41 Å². The van der Waals surface area contributed by atoms with Gasteiger partial charge in [-0.1, -0.05) is 20.8 Å². The van der Waals surface area contributed by atoms with Gasteiger partial charge < -0.3 is 10.2 Å². The predicted octanol–water partition coefficient (Wildman–Crippen LogP) is 2.51. The van der Waals surface area contributed by atoms with Crippen LogP contribution in [0.3, 0.4) is 0 Å². The van der Waals surface area contributed by atoms with Crippen LogP contribution in [0.25, 0.3) is 0 Å². The molecular formula is C16H25N3OS. The summed E-state index contributed by atoms with van der Waals surface area (Å²) in [5.74, 6) is 1.70. The predicted molar refractivity (Wildman–Crippen MR) is 85.8 cm³/mol. The van der Waals surface area contributed by atoms with Crippen molar-refractivity contribution in [1.29, 1.82) is 0 Å². The van der Waals surface area contributed by atoms with Gasteiger partial charge >= 0.3 is 0 Å². The third-order valence-electron chi connectivity index (χ3n) is 4.78. The molecule has 2 atom stereocenters. The minimum atomic E-state index is -0.0722. The highest BCUT2D eigenvalue weighted by molar-refractivity contribution is 7.11. The molecule has 1 aromatic rings. The zero-order valence-electron chi connectivity index (χ0n) is 13.2. The lowest BCUT2D eigenvalue weighted by atomic mass is 9.91. The first-order valence-electron chi connectivity index (χ1n) is 7.91. The Morgan fingerprint density at radius 2 is 1.90 bits per heavy atom. The van der Waals surface area contributed by atoms with Gasteiger partial charge in [-0.3, -0.25) is 4.79 Å². The van der Waals surface area contributed by atoms with Gasteiger partial charge in [0.15, 0.2) is 0 Å². The van der Waals surface area contributed by atoms with Gasteiger partial charge in [0.05, 0.1) is 11.2 Å². The topological polar surface area (TPSA) is 45.2 Å². The number of hydrogen-bond acceptors (Lipinski definition) is 4. The number of amides is 1. The maximum atomic E-state index is 12.9. The maximum absolute atomic E-state index is 12.9. The van der Waals surface area contributed by atoms with Gasteiger partial charge in [-0.15, -0.1) is 11.3 Å². The summed E-state index contributed by atoms with van der Waals surface area (Å²) < 4.78 is 0. The number of carbonyl (C=O) groups excluding carboxylic acids is 1. The summed E-state index contributed by atoms with van der Waals surface area (Å²) in [6.07, 6.45) is 2.26. The highest BCUT2D eigenvalue weighted by atomic mass is 32.1. The van der Waals surface area contributed by atoms with Crippen molar-refractivity contribution in [3.63, 3.8) is 0 Å². The lowest BCUT2D eigenvalue weighted by Crippen LogP contribution is -2.33. The van der Waals surface area contributed by atoms with Gasteiger partial charge in [0.1, 0.15) is 4.88 Å². The van der Waals surface area contributed by atoms with E-state index in [2.05, 4.69) is 36.0 Å². The first kappa shape index (κ1) is 15.0. The van der Waals surface area contributed by atoms with Crippen molar-refractivity contribution in [2.24, 2.45) is 11.8 Å². The molecule has 0 saturated carbocycles. The van der Waals surface area contributed by atoms with Crippen molar-refractivity contribution < 1.29 is 4.79 Å². The third-order valence-corrected chi connectivity index (χ3v) is 5.59. The summed E-state index contributed by atoms with van der Waals surface area (Å²) in [7, 11) is 0. The van der Waals surface area contributed by atoms with Gasteiger partial charge in [0, 0.05) is 18.5 Å². The van der Waals surface area contributed by atoms with Gasteiger partial charge in [0.25, 0.3) is 5.91 Å². The minimum absolute atomic E-state index is 0.0722. The summed E-state index contributed by atoms with van der Waals surface area (Å²) in [6, 6.07) is 0. The van der Waals surface area contributed by atoms with E-state index in [9.17, 15) is 4.79 Å². The smallest absolute Gasteiger partial charge is 0.265 e. The fourth-order valence-corrected chi connectivity index (χ4v) is 4.46. The van der Waals surface area contributed by atoms with Crippen LogP contribution in [0, 0.1) is 11.8 Å². The quantitative estimate of drug-likeness (QED) is 0.867. The molecule has 0 aromatic carbocycles. The van der Waals surface area contributed by atoms with E-state index in [-0.39, 0.29) is 11.3 Å². The molecule has 0 aliphatic carbocycles. The molecule has 21 heavy (non-hydrogen) atoms. The summed E-state index contributed by atoms with van der Waals surface area (Å²) in [5, 5.41) is 3.48. The zero-order chi connectivity index (χ0) is 15.0. The lowest BCUT2D eigenvalue weighted by molar-refractivity contribution is 0.0760. The van der Waals surface area contributed by atoms with E-state index in [0.29, 0.717) is 0 Å². The highest BCUT2D eigenvalue weighted by Gasteiger charge is 2.33. The van der Waals surface area contributed by atoms with Crippen molar-refractivity contribution in [2.45, 2.75) is 39.0 Å². The lowest BCUT2D eigenvalue weighted by Gasteiger charge is -2.23. The Labute approximate surface area is 130 Å². The van der Waals surface area contributed by atoms with Crippen LogP contribution in [0.2, 0.25) is 0 Å². The molecule has 2 aliphatic heterocycles. The Hall–Kier alpha value is -0.940. The SMILES string of the molecule is CC(C)(C)c1ncsc1C(=O)N1CC[C@@H]2CNC[C@@H]2CC1. The number of thiazole rings is 1. The van der Waals surface area contributed by atoms with Crippen LogP contribution in [0.15, 0.2) is 5.51 Å². The molecular weight excluding hydrogens is 282 g/mol. The Balaban J connectivity index is 1.75. The first-order chi connectivity index (χ1) is 9.97. The molecule has 2 saturated heterocycles. The van der Waals surface area contributed by atoms with E-state index in [0.717, 1.165) is 61.4 Å². The second kappa shape index (κ2) is 5.69. The largest absolute Gasteiger partial charge is 0.338 e. The first-order valence-corrected chi connectivity index (χ1v) is 8.78. The molecule has 0 radical (unpaired) electrons. The number of carbonyl (C=O) groups is 1. The molecule has 5 heteroatoms. The standard InChI is InChI=1S/C16H25N3OS/c1-16(2,3)14-13(21-10-18-14)15(20)19-6-4-11-8-17-9-12(11)5-7-19/h10-12,17H,4-9H2,1-3H3/t11-,12+. The monoisotopic (exact) mass is 307 g/mol. The van der Waals surface area contributed by atoms with Crippen molar-refractivity contribution in [2.75, 3.05) is 26.2 Å². The fraction of sp³-hybridized carbons (Fsp3) is 0.750. The molecule has 1 N–H and O–H groups in total. The second-order valence-electron chi connectivity index (χ2n) is 7.33. The summed E-state index contributed by atoms with van der Waals surface area (Å²) >= 11 is 1.49. The molecule has 4 nitrogen and oxygen atoms in total. The molecule has 0 unspecified atom stereocenters. The number of hydrogen-bond donors (Lipinski definition) is 1. The van der Waals surface area contributed by atoms with Crippen LogP contribution >= 0.6 is 11.3 Å². The number of likely N-dealkylation sites (tertiary alicyclic amines) is 1. The van der Waals surface area contributed by atoms with Crippen molar-refractivity contribution in [3.05, 3.63) is 16.1 Å². The summed E-state index contributed by atoms with van der Waals surface area (Å²) in [6.45, 7) is 10.4. The van der Waals surface area contributed by atoms with Gasteiger partial charge in [0.2, 0.25) is 0 Å². The maximum Gasteiger partial charge on any atom is 0.265 e. The molecule has 2 aliphatic rings. The Kier molecular flexibility index (Phi) is 4.06. The average Bonchev–Trinajstić information content (AvgIpc) is 3.03. The van der Waals surface area contributed by atoms with E-state index < -0.39 is 0 Å². The van der Waals surface area contributed by atoms with E-state index in [1.807, 2.05) is 5.51 Å². The number of fused-ring (bicyclic) bond motifs is 1. The molecule has 0 bridgehead atoms. The van der Waals surface area contributed by atoms with Gasteiger partial charge in [-0.2, -0.15) is 0 Å². The number of nitrogens with one attached hydrogen (secondary N) is 1. The molecule has 2 fully saturated rings. The third kappa shape index (κ3) is 2.99. The van der Waals surface area contributed by atoms with Crippen LogP contribution in [0.5, 0.6) is 0 Å². The summed E-state index contributed by atoms with van der Waals surface area (Å²) in [4.78, 5) is 20.2. The molecule has 116 valence electrons. The molecule has 3 rings (SSSR count). The Morgan fingerprint density at radius 1 is 1.29 bits per heavy atom. The molecule has 1 aromatic heterocycles. The van der Waals surface area contributed by atoms with Crippen molar-refractivity contribution in [3.8, 4) is 0 Å². The van der Waals surface area contributed by atoms with Crippen LogP contribution in [0.1, 0.15) is 49.0 Å². The van der Waals surface area contributed by atoms with Crippen LogP contribution in [0.4, 0.5) is 0 Å². The molecule has 1 amide bonds. The molecule has 3 heterocycles. The normalized spacial score (nSPS) is 26.5. The molecule has 0 spiro atoms. The van der Waals surface area contributed by atoms with Gasteiger partial charge in [-0.05, 0) is 37.8 Å². The number of nitrogens with zero attached hydrogens (tertiary/aromatic N) is 2. The van der Waals surface area contributed by atoms with Crippen LogP contribution < -0.4 is 5.32 Å². The number of rotatable bonds is 1. The minimum Gasteiger partial charge on any atom is -0.338 e. The van der Waals surface area contributed by atoms with E-state index in [1.54, 1.807) is 0 Å². The Bertz CT molecular complexity index is 506. The van der Waals surface area contributed by atoms with Gasteiger partial charge in [-0.25, -0.2) is 4.98 Å². The van der Waals surface area contributed by atoms with E-state index in [4.69, 9.17) is 0 Å². The zero-order valence-corrected chi connectivity index (χ0v) is 14.0. The Morgan fingerprint density at radius 3 is 2.48 bits per heavy atom. The second-order valence-corrected chi connectivity index (χ2v) is 8.18. The van der Waals surface area contributed by atoms with E-state index in [1.165, 1.54) is 11.3 Å². The number of aromatic nitrogens is 1. The van der Waals surface area contributed by atoms with Crippen LogP contribution in [-0.4, -0.2) is 42.0 Å². The average molecular weight is 307 g/mol. The summed E-state index contributed by atoms with van der Waals surface area (Å²) in [5.41, 5.74) is 2.69. The fourth-order valence-electron chi connectivity index (χ4n) is 3.50.